The molecule has 4 heteroatoms. The molecule has 0 atom stereocenters. The quantitative estimate of drug-likeness (QED) is 0.145. The first-order valence-electron chi connectivity index (χ1n) is 18.6. The number of aryl methyl sites for hydroxylation is 4. The smallest absolute Gasteiger partial charge is 0.123 e. The highest BCUT2D eigenvalue weighted by atomic mass is 16.3. The SMILES string of the molecule is C.CCc1ccc(CC)cc1.CCc1ccc(CC)cc1.Oc1ccc2ccc(O)cc2c1.Oc1cccc2ccccc12.Oc1cccc2ccccc12. The Kier molecular flexibility index (Phi) is 17.8. The summed E-state index contributed by atoms with van der Waals surface area (Å²) in [5, 5.41) is 42.8. The van der Waals surface area contributed by atoms with Crippen LogP contribution in [0.1, 0.15) is 57.4 Å². The molecular weight excluding hydrogens is 677 g/mol. The molecule has 0 radical (unpaired) electrons. The predicted octanol–water partition coefficient (Wildman–Crippen LogP) is 13.6. The molecule has 0 aliphatic carbocycles. The van der Waals surface area contributed by atoms with Crippen molar-refractivity contribution in [2.75, 3.05) is 0 Å². The molecule has 55 heavy (non-hydrogen) atoms. The highest BCUT2D eigenvalue weighted by Gasteiger charge is 1.97. The summed E-state index contributed by atoms with van der Waals surface area (Å²) >= 11 is 0. The molecule has 0 heterocycles. The lowest BCUT2D eigenvalue weighted by Crippen LogP contribution is -1.81. The van der Waals surface area contributed by atoms with Gasteiger partial charge in [0.1, 0.15) is 23.0 Å². The van der Waals surface area contributed by atoms with Crippen LogP contribution in [0.2, 0.25) is 0 Å². The first-order valence-corrected chi connectivity index (χ1v) is 18.6. The Morgan fingerprint density at radius 3 is 0.927 bits per heavy atom. The summed E-state index contributed by atoms with van der Waals surface area (Å²) in [6.07, 6.45) is 4.57. The van der Waals surface area contributed by atoms with E-state index in [0.29, 0.717) is 11.5 Å². The Hall–Kier alpha value is -6.26. The summed E-state index contributed by atoms with van der Waals surface area (Å²) in [7, 11) is 0. The van der Waals surface area contributed by atoms with Gasteiger partial charge < -0.3 is 20.4 Å². The molecule has 284 valence electrons. The minimum atomic E-state index is 0. The Balaban J connectivity index is 0.000000184. The van der Waals surface area contributed by atoms with Gasteiger partial charge >= 0.3 is 0 Å². The molecule has 8 aromatic carbocycles. The number of hydrogen-bond acceptors (Lipinski definition) is 4. The fourth-order valence-electron chi connectivity index (χ4n) is 5.66. The second-order valence-corrected chi connectivity index (χ2v) is 12.8. The average molecular weight is 733 g/mol. The molecular formula is C51H56O4. The van der Waals surface area contributed by atoms with Crippen LogP contribution in [-0.4, -0.2) is 20.4 Å². The molecule has 0 unspecified atom stereocenters. The minimum absolute atomic E-state index is 0. The van der Waals surface area contributed by atoms with Crippen molar-refractivity contribution in [2.45, 2.75) is 60.8 Å². The average Bonchev–Trinajstić information content (AvgIpc) is 3.22. The molecule has 0 aliphatic heterocycles. The molecule has 0 bridgehead atoms. The van der Waals surface area contributed by atoms with Crippen molar-refractivity contribution >= 4 is 32.3 Å². The van der Waals surface area contributed by atoms with E-state index >= 15 is 0 Å². The first kappa shape index (κ1) is 43.1. The summed E-state index contributed by atoms with van der Waals surface area (Å²) in [5.74, 6) is 1.13. The maximum Gasteiger partial charge on any atom is 0.123 e. The van der Waals surface area contributed by atoms with Crippen LogP contribution in [0.5, 0.6) is 23.0 Å². The van der Waals surface area contributed by atoms with Crippen molar-refractivity contribution in [3.63, 3.8) is 0 Å². The number of phenolic OH excluding ortho intramolecular Hbond substituents is 4. The van der Waals surface area contributed by atoms with Crippen molar-refractivity contribution in [3.05, 3.63) is 192 Å². The third-order valence-electron chi connectivity index (χ3n) is 9.02. The number of benzene rings is 8. The predicted molar refractivity (Wildman–Crippen MR) is 236 cm³/mol. The van der Waals surface area contributed by atoms with Crippen molar-refractivity contribution in [3.8, 4) is 23.0 Å². The number of aromatic hydroxyl groups is 4. The summed E-state index contributed by atoms with van der Waals surface area (Å²) in [5.41, 5.74) is 5.71. The van der Waals surface area contributed by atoms with Gasteiger partial charge in [-0.3, -0.25) is 0 Å². The van der Waals surface area contributed by atoms with Crippen molar-refractivity contribution in [1.29, 1.82) is 0 Å². The van der Waals surface area contributed by atoms with Crippen LogP contribution < -0.4 is 0 Å². The van der Waals surface area contributed by atoms with E-state index in [0.717, 1.165) is 58.0 Å². The largest absolute Gasteiger partial charge is 0.508 e. The third-order valence-corrected chi connectivity index (χ3v) is 9.02. The Bertz CT molecular complexity index is 2090. The number of hydrogen-bond donors (Lipinski definition) is 4. The van der Waals surface area contributed by atoms with Crippen molar-refractivity contribution in [1.82, 2.24) is 0 Å². The molecule has 4 nitrogen and oxygen atoms in total. The Morgan fingerprint density at radius 2 is 0.618 bits per heavy atom. The van der Waals surface area contributed by atoms with E-state index in [4.69, 9.17) is 10.2 Å². The Labute approximate surface area is 327 Å². The highest BCUT2D eigenvalue weighted by molar-refractivity contribution is 5.88. The lowest BCUT2D eigenvalue weighted by Gasteiger charge is -1.98. The van der Waals surface area contributed by atoms with Crippen LogP contribution in [0.25, 0.3) is 32.3 Å². The van der Waals surface area contributed by atoms with Gasteiger partial charge in [-0.15, -0.1) is 0 Å². The maximum atomic E-state index is 9.37. The summed E-state index contributed by atoms with van der Waals surface area (Å²) in [6.45, 7) is 8.73. The monoisotopic (exact) mass is 732 g/mol. The van der Waals surface area contributed by atoms with Crippen LogP contribution in [-0.2, 0) is 25.7 Å². The van der Waals surface area contributed by atoms with Crippen LogP contribution in [0.3, 0.4) is 0 Å². The number of fused-ring (bicyclic) bond motifs is 3. The summed E-state index contributed by atoms with van der Waals surface area (Å²) < 4.78 is 0. The van der Waals surface area contributed by atoms with Gasteiger partial charge in [0.05, 0.1) is 0 Å². The van der Waals surface area contributed by atoms with Gasteiger partial charge in [0.2, 0.25) is 0 Å². The number of phenols is 4. The zero-order valence-electron chi connectivity index (χ0n) is 31.8. The summed E-state index contributed by atoms with van der Waals surface area (Å²) in [6, 6.07) is 54.3. The lowest BCUT2D eigenvalue weighted by atomic mass is 10.1. The normalized spacial score (nSPS) is 9.89. The van der Waals surface area contributed by atoms with E-state index in [2.05, 4.69) is 76.2 Å². The molecule has 4 N–H and O–H groups in total. The van der Waals surface area contributed by atoms with E-state index in [1.54, 1.807) is 36.4 Å². The van der Waals surface area contributed by atoms with Gasteiger partial charge in [0.15, 0.2) is 0 Å². The van der Waals surface area contributed by atoms with Gasteiger partial charge in [-0.05, 0) is 106 Å². The van der Waals surface area contributed by atoms with E-state index in [1.165, 1.54) is 22.3 Å². The second kappa shape index (κ2) is 22.7. The first-order chi connectivity index (χ1) is 26.2. The van der Waals surface area contributed by atoms with Gasteiger partial charge in [0, 0.05) is 10.8 Å². The lowest BCUT2D eigenvalue weighted by molar-refractivity contribution is 0.474. The second-order valence-electron chi connectivity index (χ2n) is 12.8. The highest BCUT2D eigenvalue weighted by Crippen LogP contribution is 2.25. The summed E-state index contributed by atoms with van der Waals surface area (Å²) in [4.78, 5) is 0. The van der Waals surface area contributed by atoms with E-state index in [9.17, 15) is 10.2 Å². The molecule has 0 aromatic heterocycles. The van der Waals surface area contributed by atoms with E-state index in [-0.39, 0.29) is 18.9 Å². The fourth-order valence-corrected chi connectivity index (χ4v) is 5.66. The number of rotatable bonds is 4. The zero-order valence-corrected chi connectivity index (χ0v) is 31.8. The standard InChI is InChI=1S/C10H8O2.2C10H8O.2C10H14.CH4/c11-9-3-1-7-2-4-10(12)6-8(7)5-9;2*11-10-7-3-5-8-4-1-2-6-9(8)10;2*1-3-9-5-7-10(4-2)8-6-9;/h1-6,11-12H;2*1-7,11H;2*5-8H,3-4H2,1-2H3;1H4. The Morgan fingerprint density at radius 1 is 0.309 bits per heavy atom. The molecule has 0 saturated heterocycles. The van der Waals surface area contributed by atoms with Gasteiger partial charge in [-0.1, -0.05) is 169 Å². The molecule has 0 fully saturated rings. The minimum Gasteiger partial charge on any atom is -0.508 e. The van der Waals surface area contributed by atoms with Crippen LogP contribution in [0.4, 0.5) is 0 Å². The van der Waals surface area contributed by atoms with Gasteiger partial charge in [-0.25, -0.2) is 0 Å². The fraction of sp³-hybridized carbons (Fsp3) is 0.176. The topological polar surface area (TPSA) is 80.9 Å². The van der Waals surface area contributed by atoms with Crippen molar-refractivity contribution < 1.29 is 20.4 Å². The molecule has 0 saturated carbocycles. The molecule has 0 aliphatic rings. The third kappa shape index (κ3) is 13.6. The zero-order chi connectivity index (χ0) is 38.7. The molecule has 0 spiro atoms. The van der Waals surface area contributed by atoms with Crippen LogP contribution in [0.15, 0.2) is 170 Å². The van der Waals surface area contributed by atoms with E-state index < -0.39 is 0 Å². The van der Waals surface area contributed by atoms with Gasteiger partial charge in [0.25, 0.3) is 0 Å². The molecule has 0 amide bonds. The van der Waals surface area contributed by atoms with E-state index in [1.807, 2.05) is 84.9 Å². The molecule has 8 aromatic rings. The van der Waals surface area contributed by atoms with Crippen molar-refractivity contribution in [2.24, 2.45) is 0 Å². The van der Waals surface area contributed by atoms with Crippen LogP contribution >= 0.6 is 0 Å². The molecule has 8 rings (SSSR count). The maximum absolute atomic E-state index is 9.37. The van der Waals surface area contributed by atoms with Crippen LogP contribution in [0, 0.1) is 0 Å². The van der Waals surface area contributed by atoms with Gasteiger partial charge in [-0.2, -0.15) is 0 Å².